The molecule has 0 spiro atoms. The van der Waals surface area contributed by atoms with E-state index in [0.717, 1.165) is 5.92 Å². The summed E-state index contributed by atoms with van der Waals surface area (Å²) in [6.07, 6.45) is 34.5. The fourth-order valence-electron chi connectivity index (χ4n) is 5.15. The van der Waals surface area contributed by atoms with Crippen LogP contribution >= 0.6 is 11.6 Å². The van der Waals surface area contributed by atoms with E-state index in [1.807, 2.05) is 0 Å². The predicted molar refractivity (Wildman–Crippen MR) is 154 cm³/mol. The molecule has 0 radical (unpaired) electrons. The molecule has 0 nitrogen and oxygen atoms in total. The van der Waals surface area contributed by atoms with Crippen LogP contribution in [-0.4, -0.2) is 13.8 Å². The van der Waals surface area contributed by atoms with Gasteiger partial charge in [-0.3, -0.25) is 0 Å². The van der Waals surface area contributed by atoms with Crippen molar-refractivity contribution in [2.45, 2.75) is 186 Å². The van der Waals surface area contributed by atoms with Gasteiger partial charge in [-0.15, -0.1) is 11.6 Å². The second-order valence-corrected chi connectivity index (χ2v) is 15.2. The zero-order valence-corrected chi connectivity index (χ0v) is 25.0. The van der Waals surface area contributed by atoms with E-state index in [1.54, 1.807) is 0 Å². The number of rotatable bonds is 26. The van der Waals surface area contributed by atoms with E-state index >= 15 is 0 Å². The monoisotopic (exact) mass is 486 g/mol. The third-order valence-electron chi connectivity index (χ3n) is 7.44. The van der Waals surface area contributed by atoms with E-state index in [4.69, 9.17) is 11.6 Å². The fraction of sp³-hybridized carbons (Fsp3) is 1.00. The summed E-state index contributed by atoms with van der Waals surface area (Å²) < 4.78 is 0. The SMILES string of the molecule is CCCCCCCCCCCCCC[C@H](CCCCCCCCCCCC)[C@H](Cl)[SiH](C)C. The molecule has 0 saturated heterocycles. The van der Waals surface area contributed by atoms with Gasteiger partial charge in [0, 0.05) is 5.00 Å². The van der Waals surface area contributed by atoms with Crippen molar-refractivity contribution in [3.63, 3.8) is 0 Å². The Bertz CT molecular complexity index is 344. The van der Waals surface area contributed by atoms with Gasteiger partial charge in [0.1, 0.15) is 0 Å². The predicted octanol–water partition coefficient (Wildman–Crippen LogP) is 11.6. The first kappa shape index (κ1) is 32.5. The molecular formula is C30H63ClSi. The van der Waals surface area contributed by atoms with Gasteiger partial charge in [0.25, 0.3) is 0 Å². The van der Waals surface area contributed by atoms with Crippen LogP contribution in [0.5, 0.6) is 0 Å². The normalized spacial score (nSPS) is 13.7. The van der Waals surface area contributed by atoms with Crippen molar-refractivity contribution in [3.05, 3.63) is 0 Å². The van der Waals surface area contributed by atoms with Gasteiger partial charge in [-0.1, -0.05) is 168 Å². The molecular weight excluding hydrogens is 424 g/mol. The van der Waals surface area contributed by atoms with Crippen LogP contribution in [0.4, 0.5) is 0 Å². The minimum absolute atomic E-state index is 0.515. The Morgan fingerprint density at radius 3 is 0.938 bits per heavy atom. The van der Waals surface area contributed by atoms with Crippen LogP contribution in [0.1, 0.15) is 168 Å². The molecule has 0 aliphatic carbocycles. The van der Waals surface area contributed by atoms with Gasteiger partial charge in [-0.05, 0) is 18.8 Å². The highest BCUT2D eigenvalue weighted by molar-refractivity contribution is 6.67. The number of alkyl halides is 1. The van der Waals surface area contributed by atoms with Crippen LogP contribution in [0.15, 0.2) is 0 Å². The van der Waals surface area contributed by atoms with E-state index in [9.17, 15) is 0 Å². The Kier molecular flexibility index (Phi) is 26.5. The third-order valence-corrected chi connectivity index (χ3v) is 11.1. The standard InChI is InChI=1S/C30H63ClSi/c1-5-7-9-11-13-15-17-18-20-22-24-26-28-29(30(31)32(3)4)27-25-23-21-19-16-14-12-10-8-6-2/h29-30,32H,5-28H2,1-4H3/t29-,30+/m0/s1. The van der Waals surface area contributed by atoms with Crippen molar-refractivity contribution in [2.75, 3.05) is 0 Å². The number of unbranched alkanes of at least 4 members (excludes halogenated alkanes) is 20. The summed E-state index contributed by atoms with van der Waals surface area (Å²) in [5.74, 6) is 0.806. The Labute approximate surface area is 212 Å². The molecule has 0 aromatic heterocycles. The lowest BCUT2D eigenvalue weighted by Crippen LogP contribution is -2.28. The lowest BCUT2D eigenvalue weighted by Gasteiger charge is -2.25. The smallest absolute Gasteiger partial charge is 0.0522 e. The van der Waals surface area contributed by atoms with Crippen LogP contribution in [0, 0.1) is 5.92 Å². The first-order valence-corrected chi connectivity index (χ1v) is 18.7. The zero-order chi connectivity index (χ0) is 23.7. The summed E-state index contributed by atoms with van der Waals surface area (Å²) in [5.41, 5.74) is 0. The highest BCUT2D eigenvalue weighted by Gasteiger charge is 2.22. The lowest BCUT2D eigenvalue weighted by molar-refractivity contribution is 0.418. The van der Waals surface area contributed by atoms with Crippen molar-refractivity contribution in [1.29, 1.82) is 0 Å². The molecule has 0 heterocycles. The van der Waals surface area contributed by atoms with Gasteiger partial charge in [0.05, 0.1) is 8.80 Å². The first-order valence-electron chi connectivity index (χ1n) is 15.3. The maximum atomic E-state index is 6.91. The minimum atomic E-state index is -0.730. The van der Waals surface area contributed by atoms with Crippen LogP contribution in [0.25, 0.3) is 0 Å². The van der Waals surface area contributed by atoms with Gasteiger partial charge >= 0.3 is 0 Å². The van der Waals surface area contributed by atoms with Crippen LogP contribution in [0.3, 0.4) is 0 Å². The minimum Gasteiger partial charge on any atom is -0.127 e. The highest BCUT2D eigenvalue weighted by Crippen LogP contribution is 2.27. The molecule has 2 heteroatoms. The summed E-state index contributed by atoms with van der Waals surface area (Å²) in [5, 5.41) is 0.515. The summed E-state index contributed by atoms with van der Waals surface area (Å²) in [7, 11) is -0.730. The maximum absolute atomic E-state index is 6.91. The van der Waals surface area contributed by atoms with Crippen molar-refractivity contribution in [1.82, 2.24) is 0 Å². The number of hydrogen-bond donors (Lipinski definition) is 0. The molecule has 32 heavy (non-hydrogen) atoms. The molecule has 0 N–H and O–H groups in total. The first-order chi connectivity index (χ1) is 15.6. The molecule has 0 aromatic rings. The fourth-order valence-corrected chi connectivity index (χ4v) is 6.87. The molecule has 0 amide bonds. The van der Waals surface area contributed by atoms with E-state index in [2.05, 4.69) is 26.9 Å². The van der Waals surface area contributed by atoms with Crippen LogP contribution in [-0.2, 0) is 0 Å². The quantitative estimate of drug-likeness (QED) is 0.0647. The molecule has 0 bridgehead atoms. The second kappa shape index (κ2) is 26.1. The Hall–Kier alpha value is 0.507. The summed E-state index contributed by atoms with van der Waals surface area (Å²) in [6, 6.07) is 0. The van der Waals surface area contributed by atoms with Gasteiger partial charge < -0.3 is 0 Å². The van der Waals surface area contributed by atoms with Crippen molar-refractivity contribution in [3.8, 4) is 0 Å². The van der Waals surface area contributed by atoms with Gasteiger partial charge in [-0.25, -0.2) is 0 Å². The number of halogens is 1. The van der Waals surface area contributed by atoms with Gasteiger partial charge in [0.15, 0.2) is 0 Å². The molecule has 2 atom stereocenters. The molecule has 0 aliphatic heterocycles. The van der Waals surface area contributed by atoms with Crippen molar-refractivity contribution in [2.24, 2.45) is 5.92 Å². The zero-order valence-electron chi connectivity index (χ0n) is 23.1. The van der Waals surface area contributed by atoms with E-state index in [-0.39, 0.29) is 0 Å². The van der Waals surface area contributed by atoms with Crippen LogP contribution < -0.4 is 0 Å². The Balaban J connectivity index is 3.69. The van der Waals surface area contributed by atoms with E-state index in [1.165, 1.54) is 154 Å². The summed E-state index contributed by atoms with van der Waals surface area (Å²) in [4.78, 5) is 0. The highest BCUT2D eigenvalue weighted by atomic mass is 35.5. The summed E-state index contributed by atoms with van der Waals surface area (Å²) >= 11 is 6.91. The topological polar surface area (TPSA) is 0 Å². The van der Waals surface area contributed by atoms with E-state index in [0.29, 0.717) is 5.00 Å². The molecule has 0 unspecified atom stereocenters. The molecule has 0 rings (SSSR count). The molecule has 0 aliphatic rings. The summed E-state index contributed by atoms with van der Waals surface area (Å²) in [6.45, 7) is 9.51. The Morgan fingerprint density at radius 2 is 0.688 bits per heavy atom. The van der Waals surface area contributed by atoms with E-state index < -0.39 is 8.80 Å². The molecule has 0 fully saturated rings. The second-order valence-electron chi connectivity index (χ2n) is 11.1. The Morgan fingerprint density at radius 1 is 0.438 bits per heavy atom. The van der Waals surface area contributed by atoms with Gasteiger partial charge in [0.2, 0.25) is 0 Å². The molecule has 194 valence electrons. The molecule has 0 aromatic carbocycles. The average molecular weight is 487 g/mol. The van der Waals surface area contributed by atoms with Gasteiger partial charge in [-0.2, -0.15) is 0 Å². The molecule has 0 saturated carbocycles. The largest absolute Gasteiger partial charge is 0.127 e. The maximum Gasteiger partial charge on any atom is 0.0522 e. The third kappa shape index (κ3) is 22.3. The lowest BCUT2D eigenvalue weighted by atomic mass is 9.95. The van der Waals surface area contributed by atoms with Crippen molar-refractivity contribution < 1.29 is 0 Å². The van der Waals surface area contributed by atoms with Crippen molar-refractivity contribution >= 4 is 20.4 Å². The number of hydrogen-bond acceptors (Lipinski definition) is 0. The average Bonchev–Trinajstić information content (AvgIpc) is 2.79. The van der Waals surface area contributed by atoms with Crippen LogP contribution in [0.2, 0.25) is 13.1 Å².